The standard InChI is InChI=1S/C17H29NO2/c1-14(2)17(8-11-20-16(3,4)13-17)7-9-18-12-15-6-5-10-19-15/h5-6,10,14,18H,7-9,11-13H2,1-4H3/t17-/m1/s1. The molecule has 0 bridgehead atoms. The second kappa shape index (κ2) is 6.31. The van der Waals surface area contributed by atoms with Crippen molar-refractivity contribution in [1.29, 1.82) is 0 Å². The SMILES string of the molecule is CC(C)[C@]1(CCNCc2ccco2)CCOC(C)(C)C1. The number of nitrogens with one attached hydrogen (secondary N) is 1. The third kappa shape index (κ3) is 3.86. The predicted octanol–water partition coefficient (Wildman–Crippen LogP) is 3.99. The molecule has 2 rings (SSSR count). The maximum atomic E-state index is 5.90. The summed E-state index contributed by atoms with van der Waals surface area (Å²) in [6, 6.07) is 3.95. The summed E-state index contributed by atoms with van der Waals surface area (Å²) in [5, 5.41) is 3.51. The fraction of sp³-hybridized carbons (Fsp3) is 0.765. The molecule has 0 spiro atoms. The van der Waals surface area contributed by atoms with E-state index in [1.165, 1.54) is 12.8 Å². The Bertz CT molecular complexity index is 397. The molecular weight excluding hydrogens is 250 g/mol. The highest BCUT2D eigenvalue weighted by Crippen LogP contribution is 2.46. The minimum atomic E-state index is 0.0174. The predicted molar refractivity (Wildman–Crippen MR) is 81.6 cm³/mol. The lowest BCUT2D eigenvalue weighted by Crippen LogP contribution is -2.45. The van der Waals surface area contributed by atoms with Crippen molar-refractivity contribution in [3.05, 3.63) is 24.2 Å². The van der Waals surface area contributed by atoms with E-state index in [0.29, 0.717) is 11.3 Å². The largest absolute Gasteiger partial charge is 0.468 e. The van der Waals surface area contributed by atoms with Crippen LogP contribution >= 0.6 is 0 Å². The van der Waals surface area contributed by atoms with Gasteiger partial charge in [0, 0.05) is 6.61 Å². The summed E-state index contributed by atoms with van der Waals surface area (Å²) in [7, 11) is 0. The first-order valence-electron chi connectivity index (χ1n) is 7.81. The van der Waals surface area contributed by atoms with Gasteiger partial charge >= 0.3 is 0 Å². The minimum Gasteiger partial charge on any atom is -0.468 e. The monoisotopic (exact) mass is 279 g/mol. The van der Waals surface area contributed by atoms with Crippen LogP contribution in [-0.4, -0.2) is 18.8 Å². The van der Waals surface area contributed by atoms with Gasteiger partial charge in [0.2, 0.25) is 0 Å². The van der Waals surface area contributed by atoms with E-state index < -0.39 is 0 Å². The molecule has 114 valence electrons. The molecule has 0 radical (unpaired) electrons. The summed E-state index contributed by atoms with van der Waals surface area (Å²) >= 11 is 0. The summed E-state index contributed by atoms with van der Waals surface area (Å²) in [6.07, 6.45) is 5.27. The van der Waals surface area contributed by atoms with Crippen molar-refractivity contribution in [2.24, 2.45) is 11.3 Å². The van der Waals surface area contributed by atoms with Gasteiger partial charge in [0.1, 0.15) is 5.76 Å². The van der Waals surface area contributed by atoms with Crippen molar-refractivity contribution in [2.75, 3.05) is 13.2 Å². The van der Waals surface area contributed by atoms with Gasteiger partial charge in [-0.15, -0.1) is 0 Å². The zero-order valence-electron chi connectivity index (χ0n) is 13.4. The van der Waals surface area contributed by atoms with Crippen LogP contribution in [0.25, 0.3) is 0 Å². The quantitative estimate of drug-likeness (QED) is 0.800. The Morgan fingerprint density at radius 2 is 2.15 bits per heavy atom. The third-order valence-corrected chi connectivity index (χ3v) is 4.77. The Kier molecular flexibility index (Phi) is 4.92. The van der Waals surface area contributed by atoms with Crippen molar-refractivity contribution in [2.45, 2.75) is 59.1 Å². The lowest BCUT2D eigenvalue weighted by Gasteiger charge is -2.48. The van der Waals surface area contributed by atoms with E-state index in [-0.39, 0.29) is 5.60 Å². The van der Waals surface area contributed by atoms with E-state index in [1.807, 2.05) is 12.1 Å². The first kappa shape index (κ1) is 15.6. The van der Waals surface area contributed by atoms with Crippen LogP contribution in [0.4, 0.5) is 0 Å². The average Bonchev–Trinajstić information content (AvgIpc) is 2.86. The van der Waals surface area contributed by atoms with Gasteiger partial charge < -0.3 is 14.5 Å². The van der Waals surface area contributed by atoms with Crippen LogP contribution in [-0.2, 0) is 11.3 Å². The summed E-state index contributed by atoms with van der Waals surface area (Å²) in [4.78, 5) is 0. The number of furan rings is 1. The fourth-order valence-electron chi connectivity index (χ4n) is 3.47. The first-order chi connectivity index (χ1) is 9.44. The van der Waals surface area contributed by atoms with E-state index in [9.17, 15) is 0 Å². The third-order valence-electron chi connectivity index (χ3n) is 4.77. The van der Waals surface area contributed by atoms with E-state index in [4.69, 9.17) is 9.15 Å². The Morgan fingerprint density at radius 3 is 2.75 bits per heavy atom. The van der Waals surface area contributed by atoms with Gasteiger partial charge in [-0.3, -0.25) is 0 Å². The summed E-state index contributed by atoms with van der Waals surface area (Å²) in [5.41, 5.74) is 0.418. The smallest absolute Gasteiger partial charge is 0.117 e. The Labute approximate surface area is 123 Å². The molecule has 2 heterocycles. The topological polar surface area (TPSA) is 34.4 Å². The molecule has 0 aliphatic carbocycles. The van der Waals surface area contributed by atoms with Gasteiger partial charge in [-0.2, -0.15) is 0 Å². The van der Waals surface area contributed by atoms with Gasteiger partial charge in [-0.05, 0) is 63.1 Å². The Hall–Kier alpha value is -0.800. The van der Waals surface area contributed by atoms with Gasteiger partial charge in [0.15, 0.2) is 0 Å². The molecule has 20 heavy (non-hydrogen) atoms. The molecule has 1 aliphatic rings. The molecular formula is C17H29NO2. The van der Waals surface area contributed by atoms with Crippen molar-refractivity contribution in [1.82, 2.24) is 5.32 Å². The Balaban J connectivity index is 1.86. The maximum absolute atomic E-state index is 5.90. The van der Waals surface area contributed by atoms with Gasteiger partial charge in [-0.1, -0.05) is 13.8 Å². The van der Waals surface area contributed by atoms with Gasteiger partial charge in [0.25, 0.3) is 0 Å². The van der Waals surface area contributed by atoms with Crippen LogP contribution in [0.2, 0.25) is 0 Å². The summed E-state index contributed by atoms with van der Waals surface area (Å²) < 4.78 is 11.2. The second-order valence-electron chi connectivity index (χ2n) is 7.06. The van der Waals surface area contributed by atoms with Crippen molar-refractivity contribution >= 4 is 0 Å². The minimum absolute atomic E-state index is 0.0174. The van der Waals surface area contributed by atoms with E-state index >= 15 is 0 Å². The molecule has 0 unspecified atom stereocenters. The van der Waals surface area contributed by atoms with Crippen LogP contribution < -0.4 is 5.32 Å². The molecule has 1 N–H and O–H groups in total. The maximum Gasteiger partial charge on any atom is 0.117 e. The number of ether oxygens (including phenoxy) is 1. The second-order valence-corrected chi connectivity index (χ2v) is 7.06. The van der Waals surface area contributed by atoms with Crippen molar-refractivity contribution in [3.63, 3.8) is 0 Å². The molecule has 0 amide bonds. The molecule has 0 saturated carbocycles. The van der Waals surface area contributed by atoms with E-state index in [0.717, 1.165) is 31.9 Å². The molecule has 1 atom stereocenters. The average molecular weight is 279 g/mol. The van der Waals surface area contributed by atoms with Crippen molar-refractivity contribution in [3.8, 4) is 0 Å². The molecule has 3 nitrogen and oxygen atoms in total. The molecule has 1 aromatic heterocycles. The highest BCUT2D eigenvalue weighted by molar-refractivity contribution is 4.98. The number of hydrogen-bond donors (Lipinski definition) is 1. The van der Waals surface area contributed by atoms with Crippen molar-refractivity contribution < 1.29 is 9.15 Å². The molecule has 3 heteroatoms. The number of hydrogen-bond acceptors (Lipinski definition) is 3. The number of rotatable bonds is 6. The lowest BCUT2D eigenvalue weighted by atomic mass is 9.65. The summed E-state index contributed by atoms with van der Waals surface area (Å²) in [5.74, 6) is 1.70. The van der Waals surface area contributed by atoms with Gasteiger partial charge in [0.05, 0.1) is 18.4 Å². The molecule has 1 aliphatic heterocycles. The molecule has 0 aromatic carbocycles. The molecule has 1 aromatic rings. The van der Waals surface area contributed by atoms with Gasteiger partial charge in [-0.25, -0.2) is 0 Å². The zero-order valence-corrected chi connectivity index (χ0v) is 13.4. The van der Waals surface area contributed by atoms with Crippen LogP contribution in [0, 0.1) is 11.3 Å². The fourth-order valence-corrected chi connectivity index (χ4v) is 3.47. The van der Waals surface area contributed by atoms with E-state index in [1.54, 1.807) is 6.26 Å². The lowest BCUT2D eigenvalue weighted by molar-refractivity contribution is -0.121. The highest BCUT2D eigenvalue weighted by atomic mass is 16.5. The molecule has 1 fully saturated rings. The summed E-state index contributed by atoms with van der Waals surface area (Å²) in [6.45, 7) is 11.9. The van der Waals surface area contributed by atoms with Crippen LogP contribution in [0.15, 0.2) is 22.8 Å². The Morgan fingerprint density at radius 1 is 1.35 bits per heavy atom. The van der Waals surface area contributed by atoms with Crippen LogP contribution in [0.1, 0.15) is 52.7 Å². The van der Waals surface area contributed by atoms with Crippen LogP contribution in [0.5, 0.6) is 0 Å². The molecule has 1 saturated heterocycles. The van der Waals surface area contributed by atoms with Crippen LogP contribution in [0.3, 0.4) is 0 Å². The zero-order chi connectivity index (χ0) is 14.6. The highest BCUT2D eigenvalue weighted by Gasteiger charge is 2.42. The normalized spacial score (nSPS) is 26.1. The van der Waals surface area contributed by atoms with E-state index in [2.05, 4.69) is 33.0 Å². The first-order valence-corrected chi connectivity index (χ1v) is 7.81.